The topological polar surface area (TPSA) is 56.7 Å². The van der Waals surface area contributed by atoms with Gasteiger partial charge in [-0.1, -0.05) is 13.8 Å². The number of hydrogen-bond acceptors (Lipinski definition) is 3. The lowest BCUT2D eigenvalue weighted by Gasteiger charge is -2.07. The summed E-state index contributed by atoms with van der Waals surface area (Å²) in [6.07, 6.45) is 0.647. The lowest BCUT2D eigenvalue weighted by atomic mass is 10.2. The van der Waals surface area contributed by atoms with Crippen molar-refractivity contribution in [3.8, 4) is 5.69 Å². The normalized spacial score (nSPS) is 11.2. The average Bonchev–Trinajstić information content (AvgIpc) is 2.75. The summed E-state index contributed by atoms with van der Waals surface area (Å²) in [5.41, 5.74) is 6.33. The van der Waals surface area contributed by atoms with Crippen LogP contribution in [-0.4, -0.2) is 21.3 Å². The molecule has 0 spiro atoms. The number of nitrogens with two attached hydrogens (primary N) is 1. The van der Waals surface area contributed by atoms with E-state index in [4.69, 9.17) is 5.73 Å². The van der Waals surface area contributed by atoms with Gasteiger partial charge in [0.25, 0.3) is 0 Å². The van der Waals surface area contributed by atoms with Crippen LogP contribution in [-0.2, 0) is 6.42 Å². The molecule has 1 aromatic heterocycles. The Balaban J connectivity index is 2.44. The van der Waals surface area contributed by atoms with E-state index in [1.54, 1.807) is 16.8 Å². The smallest absolute Gasteiger partial charge is 0.152 e. The Labute approximate surface area is 106 Å². The third kappa shape index (κ3) is 2.56. The van der Waals surface area contributed by atoms with E-state index < -0.39 is 0 Å². The second-order valence-corrected chi connectivity index (χ2v) is 4.47. The first-order chi connectivity index (χ1) is 8.61. The van der Waals surface area contributed by atoms with Crippen molar-refractivity contribution in [2.75, 3.05) is 6.54 Å². The molecule has 2 N–H and O–H groups in total. The van der Waals surface area contributed by atoms with E-state index >= 15 is 0 Å². The van der Waals surface area contributed by atoms with E-state index in [2.05, 4.69) is 23.9 Å². The van der Waals surface area contributed by atoms with Gasteiger partial charge in [0.1, 0.15) is 11.6 Å². The molecule has 0 aliphatic rings. The molecule has 1 aromatic carbocycles. The molecule has 0 unspecified atom stereocenters. The van der Waals surface area contributed by atoms with Crippen LogP contribution in [0.5, 0.6) is 0 Å². The van der Waals surface area contributed by atoms with Crippen LogP contribution in [0.2, 0.25) is 0 Å². The minimum Gasteiger partial charge on any atom is -0.330 e. The molecule has 4 nitrogen and oxygen atoms in total. The highest BCUT2D eigenvalue weighted by atomic mass is 19.1. The summed E-state index contributed by atoms with van der Waals surface area (Å²) >= 11 is 0. The molecule has 2 rings (SSSR count). The molecule has 0 atom stereocenters. The van der Waals surface area contributed by atoms with Gasteiger partial charge in [-0.25, -0.2) is 14.1 Å². The predicted octanol–water partition coefficient (Wildman–Crippen LogP) is 2.03. The number of hydrogen-bond donors (Lipinski definition) is 1. The van der Waals surface area contributed by atoms with E-state index in [0.717, 1.165) is 17.3 Å². The fourth-order valence-electron chi connectivity index (χ4n) is 1.75. The molecule has 0 bridgehead atoms. The number of halogens is 1. The van der Waals surface area contributed by atoms with Crippen LogP contribution in [0.25, 0.3) is 5.69 Å². The van der Waals surface area contributed by atoms with Gasteiger partial charge in [-0.05, 0) is 30.8 Å². The number of nitrogens with zero attached hydrogens (tertiary/aromatic N) is 3. The summed E-state index contributed by atoms with van der Waals surface area (Å²) in [5, 5.41) is 4.42. The lowest BCUT2D eigenvalue weighted by molar-refractivity contribution is 0.626. The molecule has 0 radical (unpaired) electrons. The monoisotopic (exact) mass is 248 g/mol. The molecule has 0 amide bonds. The van der Waals surface area contributed by atoms with E-state index in [-0.39, 0.29) is 11.7 Å². The zero-order valence-electron chi connectivity index (χ0n) is 10.6. The Morgan fingerprint density at radius 3 is 2.50 bits per heavy atom. The highest BCUT2D eigenvalue weighted by molar-refractivity contribution is 5.32. The van der Waals surface area contributed by atoms with Crippen molar-refractivity contribution in [1.29, 1.82) is 0 Å². The highest BCUT2D eigenvalue weighted by Crippen LogP contribution is 2.17. The van der Waals surface area contributed by atoms with Gasteiger partial charge in [0.15, 0.2) is 5.82 Å². The van der Waals surface area contributed by atoms with Gasteiger partial charge in [0.05, 0.1) is 5.69 Å². The minimum atomic E-state index is -0.257. The molecular formula is C13H17FN4. The summed E-state index contributed by atoms with van der Waals surface area (Å²) in [4.78, 5) is 4.48. The van der Waals surface area contributed by atoms with Crippen molar-refractivity contribution in [1.82, 2.24) is 14.8 Å². The minimum absolute atomic E-state index is 0.245. The van der Waals surface area contributed by atoms with Gasteiger partial charge in [-0.3, -0.25) is 0 Å². The zero-order valence-corrected chi connectivity index (χ0v) is 10.6. The second kappa shape index (κ2) is 5.27. The molecule has 5 heteroatoms. The van der Waals surface area contributed by atoms with Crippen molar-refractivity contribution in [3.63, 3.8) is 0 Å². The second-order valence-electron chi connectivity index (χ2n) is 4.47. The average molecular weight is 248 g/mol. The number of benzene rings is 1. The summed E-state index contributed by atoms with van der Waals surface area (Å²) < 4.78 is 14.7. The van der Waals surface area contributed by atoms with Gasteiger partial charge in [0.2, 0.25) is 0 Å². The largest absolute Gasteiger partial charge is 0.330 e. The first kappa shape index (κ1) is 12.7. The number of rotatable bonds is 4. The van der Waals surface area contributed by atoms with Crippen molar-refractivity contribution < 1.29 is 4.39 Å². The molecule has 0 aliphatic carbocycles. The van der Waals surface area contributed by atoms with E-state index in [0.29, 0.717) is 13.0 Å². The zero-order chi connectivity index (χ0) is 13.1. The van der Waals surface area contributed by atoms with Crippen LogP contribution in [0.15, 0.2) is 24.3 Å². The molecule has 18 heavy (non-hydrogen) atoms. The number of aromatic nitrogens is 3. The Kier molecular flexibility index (Phi) is 3.72. The SMILES string of the molecule is CC(C)c1nc(CCN)nn1-c1ccc(F)cc1. The van der Waals surface area contributed by atoms with Gasteiger partial charge < -0.3 is 5.73 Å². The van der Waals surface area contributed by atoms with Crippen molar-refractivity contribution >= 4 is 0 Å². The van der Waals surface area contributed by atoms with E-state index in [1.165, 1.54) is 12.1 Å². The van der Waals surface area contributed by atoms with Crippen molar-refractivity contribution in [2.45, 2.75) is 26.2 Å². The highest BCUT2D eigenvalue weighted by Gasteiger charge is 2.14. The van der Waals surface area contributed by atoms with Crippen LogP contribution in [0.4, 0.5) is 4.39 Å². The summed E-state index contributed by atoms with van der Waals surface area (Å²) in [5.74, 6) is 1.58. The van der Waals surface area contributed by atoms with E-state index in [1.807, 2.05) is 0 Å². The predicted molar refractivity (Wildman–Crippen MR) is 68.2 cm³/mol. The molecule has 2 aromatic rings. The van der Waals surface area contributed by atoms with Crippen LogP contribution in [0.3, 0.4) is 0 Å². The van der Waals surface area contributed by atoms with Crippen LogP contribution >= 0.6 is 0 Å². The van der Waals surface area contributed by atoms with Gasteiger partial charge >= 0.3 is 0 Å². The van der Waals surface area contributed by atoms with E-state index in [9.17, 15) is 4.39 Å². The standard InChI is InChI=1S/C13H17FN4/c1-9(2)13-16-12(7-8-15)17-18(13)11-5-3-10(14)4-6-11/h3-6,9H,7-8,15H2,1-2H3. The molecule has 96 valence electrons. The molecular weight excluding hydrogens is 231 g/mol. The lowest BCUT2D eigenvalue weighted by Crippen LogP contribution is -2.05. The summed E-state index contributed by atoms with van der Waals surface area (Å²) in [6, 6.07) is 6.23. The Hall–Kier alpha value is -1.75. The fraction of sp³-hybridized carbons (Fsp3) is 0.385. The third-order valence-electron chi connectivity index (χ3n) is 2.63. The molecule has 0 saturated heterocycles. The maximum absolute atomic E-state index is 12.9. The summed E-state index contributed by atoms with van der Waals surface area (Å²) in [6.45, 7) is 4.62. The first-order valence-electron chi connectivity index (χ1n) is 6.03. The van der Waals surface area contributed by atoms with Crippen LogP contribution in [0.1, 0.15) is 31.4 Å². The maximum Gasteiger partial charge on any atom is 0.152 e. The molecule has 0 saturated carbocycles. The van der Waals surface area contributed by atoms with Gasteiger partial charge in [-0.15, -0.1) is 0 Å². The fourth-order valence-corrected chi connectivity index (χ4v) is 1.75. The molecule has 1 heterocycles. The van der Waals surface area contributed by atoms with Gasteiger partial charge in [0, 0.05) is 12.3 Å². The Morgan fingerprint density at radius 2 is 1.94 bits per heavy atom. The van der Waals surface area contributed by atoms with Gasteiger partial charge in [-0.2, -0.15) is 5.10 Å². The quantitative estimate of drug-likeness (QED) is 0.900. The first-order valence-corrected chi connectivity index (χ1v) is 6.03. The molecule has 0 fully saturated rings. The van der Waals surface area contributed by atoms with Crippen molar-refractivity contribution in [2.24, 2.45) is 5.73 Å². The third-order valence-corrected chi connectivity index (χ3v) is 2.63. The maximum atomic E-state index is 12.9. The molecule has 0 aliphatic heterocycles. The van der Waals surface area contributed by atoms with Crippen LogP contribution in [0, 0.1) is 5.82 Å². The summed E-state index contributed by atoms with van der Waals surface area (Å²) in [7, 11) is 0. The van der Waals surface area contributed by atoms with Crippen molar-refractivity contribution in [3.05, 3.63) is 41.7 Å². The van der Waals surface area contributed by atoms with Crippen LogP contribution < -0.4 is 5.73 Å². The Morgan fingerprint density at radius 1 is 1.28 bits per heavy atom. The Bertz CT molecular complexity index is 516.